The standard InChI is InChI=1S/C20H32N2O3/c1-16-13-17(3-4-20(16)24-2)14-21-8-9-22(15-19(21)5-10-23)18-6-11-25-12-7-18/h3-4,13,18-19,23H,5-12,14-15H2,1-2H3/t19-/m0/s1. The Morgan fingerprint density at radius 1 is 1.24 bits per heavy atom. The van der Waals surface area contributed by atoms with Crippen LogP contribution < -0.4 is 4.74 Å². The number of aliphatic hydroxyl groups excluding tert-OH is 1. The first-order valence-electron chi connectivity index (χ1n) is 9.51. The van der Waals surface area contributed by atoms with Crippen molar-refractivity contribution in [2.24, 2.45) is 0 Å². The normalized spacial score (nSPS) is 23.7. The van der Waals surface area contributed by atoms with E-state index in [0.29, 0.717) is 12.1 Å². The van der Waals surface area contributed by atoms with Crippen LogP contribution in [0.15, 0.2) is 18.2 Å². The highest BCUT2D eigenvalue weighted by Gasteiger charge is 2.31. The van der Waals surface area contributed by atoms with Crippen LogP contribution in [0.1, 0.15) is 30.4 Å². The van der Waals surface area contributed by atoms with Gasteiger partial charge in [-0.05, 0) is 43.4 Å². The van der Waals surface area contributed by atoms with Crippen LogP contribution in [0.2, 0.25) is 0 Å². The first-order chi connectivity index (χ1) is 12.2. The van der Waals surface area contributed by atoms with Crippen LogP contribution in [-0.2, 0) is 11.3 Å². The molecule has 0 aliphatic carbocycles. The van der Waals surface area contributed by atoms with Gasteiger partial charge in [-0.25, -0.2) is 0 Å². The molecule has 3 rings (SSSR count). The Morgan fingerprint density at radius 2 is 2.04 bits per heavy atom. The zero-order chi connectivity index (χ0) is 17.6. The summed E-state index contributed by atoms with van der Waals surface area (Å²) >= 11 is 0. The van der Waals surface area contributed by atoms with Gasteiger partial charge in [0.25, 0.3) is 0 Å². The number of piperazine rings is 1. The third-order valence-electron chi connectivity index (χ3n) is 5.65. The van der Waals surface area contributed by atoms with Crippen LogP contribution >= 0.6 is 0 Å². The Morgan fingerprint density at radius 3 is 2.72 bits per heavy atom. The molecule has 0 aromatic heterocycles. The number of aryl methyl sites for hydroxylation is 1. The van der Waals surface area contributed by atoms with Crippen molar-refractivity contribution in [1.82, 2.24) is 9.80 Å². The van der Waals surface area contributed by atoms with E-state index in [1.807, 2.05) is 0 Å². The second kappa shape index (κ2) is 8.99. The van der Waals surface area contributed by atoms with Crippen LogP contribution in [0.5, 0.6) is 5.75 Å². The van der Waals surface area contributed by atoms with Gasteiger partial charge in [-0.15, -0.1) is 0 Å². The van der Waals surface area contributed by atoms with Crippen LogP contribution in [-0.4, -0.2) is 73.6 Å². The van der Waals surface area contributed by atoms with Gasteiger partial charge >= 0.3 is 0 Å². The fraction of sp³-hybridized carbons (Fsp3) is 0.700. The summed E-state index contributed by atoms with van der Waals surface area (Å²) in [7, 11) is 1.72. The monoisotopic (exact) mass is 348 g/mol. The minimum atomic E-state index is 0.254. The molecule has 25 heavy (non-hydrogen) atoms. The molecule has 2 aliphatic rings. The van der Waals surface area contributed by atoms with Gasteiger partial charge in [0, 0.05) is 58.1 Å². The predicted octanol–water partition coefficient (Wildman–Crippen LogP) is 2.05. The van der Waals surface area contributed by atoms with E-state index in [2.05, 4.69) is 34.9 Å². The van der Waals surface area contributed by atoms with Gasteiger partial charge < -0.3 is 14.6 Å². The van der Waals surface area contributed by atoms with Gasteiger partial charge in [-0.2, -0.15) is 0 Å². The van der Waals surface area contributed by atoms with E-state index >= 15 is 0 Å². The number of hydrogen-bond donors (Lipinski definition) is 1. The maximum absolute atomic E-state index is 9.53. The average molecular weight is 348 g/mol. The highest BCUT2D eigenvalue weighted by molar-refractivity contribution is 5.36. The first-order valence-corrected chi connectivity index (χ1v) is 9.51. The summed E-state index contributed by atoms with van der Waals surface area (Å²) in [6, 6.07) is 7.51. The minimum Gasteiger partial charge on any atom is -0.496 e. The van der Waals surface area contributed by atoms with E-state index in [1.54, 1.807) is 7.11 Å². The molecule has 0 bridgehead atoms. The van der Waals surface area contributed by atoms with E-state index in [1.165, 1.54) is 11.1 Å². The second-order valence-corrected chi connectivity index (χ2v) is 7.28. The SMILES string of the molecule is COc1ccc(CN2CCN(C3CCOCC3)C[C@@H]2CCO)cc1C. The molecular formula is C20H32N2O3. The lowest BCUT2D eigenvalue weighted by molar-refractivity contribution is -0.0116. The topological polar surface area (TPSA) is 45.2 Å². The zero-order valence-corrected chi connectivity index (χ0v) is 15.6. The molecule has 0 spiro atoms. The number of ether oxygens (including phenoxy) is 2. The Labute approximate surface area is 151 Å². The number of nitrogens with zero attached hydrogens (tertiary/aromatic N) is 2. The molecule has 2 heterocycles. The van der Waals surface area contributed by atoms with Crippen molar-refractivity contribution in [3.05, 3.63) is 29.3 Å². The number of aliphatic hydroxyl groups is 1. The van der Waals surface area contributed by atoms with Crippen molar-refractivity contribution in [3.63, 3.8) is 0 Å². The van der Waals surface area contributed by atoms with Crippen molar-refractivity contribution < 1.29 is 14.6 Å². The van der Waals surface area contributed by atoms with Crippen molar-refractivity contribution in [2.75, 3.05) is 46.6 Å². The molecule has 1 N–H and O–H groups in total. The van der Waals surface area contributed by atoms with Gasteiger partial charge in [0.05, 0.1) is 7.11 Å². The third-order valence-corrected chi connectivity index (χ3v) is 5.65. The highest BCUT2D eigenvalue weighted by Crippen LogP contribution is 2.24. The largest absolute Gasteiger partial charge is 0.496 e. The summed E-state index contributed by atoms with van der Waals surface area (Å²) in [5.41, 5.74) is 2.50. The Bertz CT molecular complexity index is 546. The Kier molecular flexibility index (Phi) is 6.70. The third kappa shape index (κ3) is 4.73. The minimum absolute atomic E-state index is 0.254. The van der Waals surface area contributed by atoms with Crippen LogP contribution in [0.25, 0.3) is 0 Å². The first kappa shape index (κ1) is 18.6. The smallest absolute Gasteiger partial charge is 0.121 e. The number of benzene rings is 1. The number of methoxy groups -OCH3 is 1. The number of hydrogen-bond acceptors (Lipinski definition) is 5. The maximum atomic E-state index is 9.53. The highest BCUT2D eigenvalue weighted by atomic mass is 16.5. The van der Waals surface area contributed by atoms with Crippen LogP contribution in [0.4, 0.5) is 0 Å². The lowest BCUT2D eigenvalue weighted by Gasteiger charge is -2.45. The average Bonchev–Trinajstić information content (AvgIpc) is 2.64. The molecule has 2 saturated heterocycles. The maximum Gasteiger partial charge on any atom is 0.121 e. The quantitative estimate of drug-likeness (QED) is 0.852. The van der Waals surface area contributed by atoms with Gasteiger partial charge in [0.15, 0.2) is 0 Å². The molecule has 5 nitrogen and oxygen atoms in total. The van der Waals surface area contributed by atoms with Gasteiger partial charge in [0.1, 0.15) is 5.75 Å². The molecule has 1 atom stereocenters. The van der Waals surface area contributed by atoms with Crippen molar-refractivity contribution >= 4 is 0 Å². The van der Waals surface area contributed by atoms with Crippen molar-refractivity contribution in [1.29, 1.82) is 0 Å². The van der Waals surface area contributed by atoms with Crippen molar-refractivity contribution in [2.45, 2.75) is 44.8 Å². The lowest BCUT2D eigenvalue weighted by Crippen LogP contribution is -2.56. The molecule has 0 saturated carbocycles. The molecule has 2 fully saturated rings. The number of rotatable bonds is 6. The molecule has 0 radical (unpaired) electrons. The lowest BCUT2D eigenvalue weighted by atomic mass is 10.0. The van der Waals surface area contributed by atoms with E-state index in [-0.39, 0.29) is 6.61 Å². The molecule has 1 aromatic carbocycles. The van der Waals surface area contributed by atoms with E-state index in [9.17, 15) is 5.11 Å². The summed E-state index contributed by atoms with van der Waals surface area (Å²) in [6.45, 7) is 8.30. The summed E-state index contributed by atoms with van der Waals surface area (Å²) in [4.78, 5) is 5.16. The molecule has 5 heteroatoms. The molecular weight excluding hydrogens is 316 g/mol. The van der Waals surface area contributed by atoms with Gasteiger partial charge in [-0.1, -0.05) is 12.1 Å². The van der Waals surface area contributed by atoms with E-state index in [0.717, 1.165) is 64.4 Å². The Balaban J connectivity index is 1.63. The van der Waals surface area contributed by atoms with Crippen LogP contribution in [0, 0.1) is 6.92 Å². The summed E-state index contributed by atoms with van der Waals surface area (Å²) < 4.78 is 10.9. The second-order valence-electron chi connectivity index (χ2n) is 7.28. The van der Waals surface area contributed by atoms with Crippen molar-refractivity contribution in [3.8, 4) is 5.75 Å². The molecule has 2 aliphatic heterocycles. The molecule has 1 aromatic rings. The molecule has 0 amide bonds. The van der Waals surface area contributed by atoms with E-state index < -0.39 is 0 Å². The summed E-state index contributed by atoms with van der Waals surface area (Å²) in [5, 5.41) is 9.53. The molecule has 0 unspecified atom stereocenters. The fourth-order valence-electron chi connectivity index (χ4n) is 4.20. The Hall–Kier alpha value is -1.14. The summed E-state index contributed by atoms with van der Waals surface area (Å²) in [6.07, 6.45) is 3.13. The molecule has 140 valence electrons. The van der Waals surface area contributed by atoms with E-state index in [4.69, 9.17) is 9.47 Å². The van der Waals surface area contributed by atoms with Crippen LogP contribution in [0.3, 0.4) is 0 Å². The van der Waals surface area contributed by atoms with Gasteiger partial charge in [-0.3, -0.25) is 9.80 Å². The zero-order valence-electron chi connectivity index (χ0n) is 15.6. The fourth-order valence-corrected chi connectivity index (χ4v) is 4.20. The summed E-state index contributed by atoms with van der Waals surface area (Å²) in [5.74, 6) is 0.944. The van der Waals surface area contributed by atoms with Gasteiger partial charge in [0.2, 0.25) is 0 Å². The predicted molar refractivity (Wildman–Crippen MR) is 99.0 cm³/mol.